The molecule has 10 nitrogen and oxygen atoms in total. The van der Waals surface area contributed by atoms with Crippen LogP contribution in [-0.2, 0) is 6.54 Å². The molecule has 0 spiro atoms. The zero-order valence-electron chi connectivity index (χ0n) is 20.1. The molecular formula is C26H23ClN6O4S. The molecule has 1 N–H and O–H groups in total. The molecule has 0 radical (unpaired) electrons. The monoisotopic (exact) mass is 550 g/mol. The van der Waals surface area contributed by atoms with E-state index in [1.165, 1.54) is 35.6 Å². The van der Waals surface area contributed by atoms with E-state index in [1.807, 2.05) is 29.2 Å². The molecule has 2 aromatic heterocycles. The molecule has 0 aliphatic carbocycles. The first-order valence-electron chi connectivity index (χ1n) is 11.8. The van der Waals surface area contributed by atoms with Crippen LogP contribution in [0.4, 0.5) is 17.1 Å². The van der Waals surface area contributed by atoms with Crippen molar-refractivity contribution in [3.05, 3.63) is 104 Å². The Labute approximate surface area is 227 Å². The molecule has 3 heterocycles. The van der Waals surface area contributed by atoms with E-state index in [0.717, 1.165) is 11.4 Å². The Morgan fingerprint density at radius 1 is 1.03 bits per heavy atom. The van der Waals surface area contributed by atoms with Crippen LogP contribution in [0.3, 0.4) is 0 Å². The number of H-pyrrole nitrogens is 1. The average molecular weight is 551 g/mol. The smallest absolute Gasteiger partial charge is 0.269 e. The van der Waals surface area contributed by atoms with E-state index in [9.17, 15) is 19.7 Å². The molecule has 5 rings (SSSR count). The summed E-state index contributed by atoms with van der Waals surface area (Å²) in [7, 11) is 0. The van der Waals surface area contributed by atoms with Crippen molar-refractivity contribution < 1.29 is 14.5 Å². The van der Waals surface area contributed by atoms with Crippen molar-refractivity contribution in [1.82, 2.24) is 14.9 Å². The second kappa shape index (κ2) is 11.0. The number of piperazine rings is 1. The van der Waals surface area contributed by atoms with Crippen LogP contribution in [0.5, 0.6) is 0 Å². The summed E-state index contributed by atoms with van der Waals surface area (Å²) in [4.78, 5) is 50.0. The van der Waals surface area contributed by atoms with Gasteiger partial charge in [0.2, 0.25) is 0 Å². The summed E-state index contributed by atoms with van der Waals surface area (Å²) in [6.45, 7) is 2.82. The van der Waals surface area contributed by atoms with Crippen molar-refractivity contribution in [2.75, 3.05) is 36.0 Å². The van der Waals surface area contributed by atoms with Gasteiger partial charge in [-0.25, -0.2) is 4.98 Å². The van der Waals surface area contributed by atoms with Crippen molar-refractivity contribution in [3.63, 3.8) is 0 Å². The van der Waals surface area contributed by atoms with Crippen molar-refractivity contribution in [2.24, 2.45) is 0 Å². The fourth-order valence-electron chi connectivity index (χ4n) is 4.30. The van der Waals surface area contributed by atoms with Gasteiger partial charge in [0, 0.05) is 61.4 Å². The number of benzene rings is 2. The Kier molecular flexibility index (Phi) is 7.38. The predicted molar refractivity (Wildman–Crippen MR) is 146 cm³/mol. The van der Waals surface area contributed by atoms with E-state index in [0.29, 0.717) is 46.6 Å². The number of aromatic amines is 1. The van der Waals surface area contributed by atoms with Crippen molar-refractivity contribution in [2.45, 2.75) is 6.54 Å². The number of nitro benzene ring substituents is 1. The van der Waals surface area contributed by atoms with Gasteiger partial charge in [-0.1, -0.05) is 11.6 Å². The number of halogens is 1. The van der Waals surface area contributed by atoms with Gasteiger partial charge in [0.1, 0.15) is 0 Å². The highest BCUT2D eigenvalue weighted by atomic mass is 35.5. The zero-order valence-corrected chi connectivity index (χ0v) is 21.7. The van der Waals surface area contributed by atoms with Gasteiger partial charge in [-0.15, -0.1) is 11.3 Å². The maximum atomic E-state index is 13.4. The molecule has 2 aromatic carbocycles. The molecule has 1 aliphatic rings. The molecule has 12 heteroatoms. The van der Waals surface area contributed by atoms with Crippen LogP contribution in [-0.4, -0.2) is 57.8 Å². The van der Waals surface area contributed by atoms with Crippen molar-refractivity contribution in [3.8, 4) is 0 Å². The number of rotatable bonds is 7. The Balaban J connectivity index is 1.29. The standard InChI is InChI=1S/C26H23ClN6O4S/c27-24-10-9-23(38-24)26(35)31-13-11-30(12-14-31)20-5-7-21(8-6-20)32(16-19-15-28-17-29-19)25(34)18-1-3-22(4-2-18)33(36)37/h1-10,15,17H,11-14,16H2,(H,28,29). The van der Waals surface area contributed by atoms with Crippen LogP contribution < -0.4 is 9.80 Å². The van der Waals surface area contributed by atoms with Crippen LogP contribution in [0.15, 0.2) is 73.2 Å². The number of carbonyl (C=O) groups excluding carboxylic acids is 2. The van der Waals surface area contributed by atoms with E-state index >= 15 is 0 Å². The summed E-state index contributed by atoms with van der Waals surface area (Å²) >= 11 is 7.27. The third-order valence-electron chi connectivity index (χ3n) is 6.33. The number of non-ortho nitro benzene ring substituents is 1. The number of thiophene rings is 1. The van der Waals surface area contributed by atoms with E-state index in [2.05, 4.69) is 14.9 Å². The highest BCUT2D eigenvalue weighted by molar-refractivity contribution is 7.17. The normalized spacial score (nSPS) is 13.4. The molecule has 38 heavy (non-hydrogen) atoms. The van der Waals surface area contributed by atoms with Crippen molar-refractivity contribution >= 4 is 51.8 Å². The third kappa shape index (κ3) is 5.53. The van der Waals surface area contributed by atoms with Crippen LogP contribution in [0, 0.1) is 10.1 Å². The van der Waals surface area contributed by atoms with E-state index < -0.39 is 4.92 Å². The number of hydrogen-bond acceptors (Lipinski definition) is 7. The first-order chi connectivity index (χ1) is 18.4. The van der Waals surface area contributed by atoms with Crippen LogP contribution in [0.25, 0.3) is 0 Å². The SMILES string of the molecule is O=C(c1ccc(Cl)s1)N1CCN(c2ccc(N(Cc3cnc[nH]3)C(=O)c3ccc([N+](=O)[O-])cc3)cc2)CC1. The van der Waals surface area contributed by atoms with Gasteiger partial charge in [-0.2, -0.15) is 0 Å². The minimum absolute atomic E-state index is 0.00361. The minimum atomic E-state index is -0.497. The van der Waals surface area contributed by atoms with Crippen LogP contribution in [0.2, 0.25) is 4.34 Å². The zero-order chi connectivity index (χ0) is 26.6. The Bertz CT molecular complexity index is 1430. The number of hydrogen-bond donors (Lipinski definition) is 1. The highest BCUT2D eigenvalue weighted by Gasteiger charge is 2.24. The maximum Gasteiger partial charge on any atom is 0.269 e. The summed E-state index contributed by atoms with van der Waals surface area (Å²) in [5.74, 6) is -0.292. The number of nitro groups is 1. The fraction of sp³-hybridized carbons (Fsp3) is 0.192. The lowest BCUT2D eigenvalue weighted by Gasteiger charge is -2.36. The maximum absolute atomic E-state index is 13.4. The largest absolute Gasteiger partial charge is 0.368 e. The molecule has 1 fully saturated rings. The van der Waals surface area contributed by atoms with Crippen LogP contribution >= 0.6 is 22.9 Å². The molecule has 2 amide bonds. The number of nitrogens with one attached hydrogen (secondary N) is 1. The summed E-state index contributed by atoms with van der Waals surface area (Å²) in [5.41, 5.74) is 2.68. The lowest BCUT2D eigenvalue weighted by molar-refractivity contribution is -0.384. The summed E-state index contributed by atoms with van der Waals surface area (Å²) < 4.78 is 0.598. The molecule has 0 atom stereocenters. The number of amides is 2. The van der Waals surface area contributed by atoms with Gasteiger partial charge in [0.25, 0.3) is 17.5 Å². The first-order valence-corrected chi connectivity index (χ1v) is 13.0. The van der Waals surface area contributed by atoms with Crippen molar-refractivity contribution in [1.29, 1.82) is 0 Å². The van der Waals surface area contributed by atoms with Gasteiger partial charge in [0.15, 0.2) is 0 Å². The second-order valence-corrected chi connectivity index (χ2v) is 10.4. The van der Waals surface area contributed by atoms with Gasteiger partial charge in [-0.3, -0.25) is 19.7 Å². The van der Waals surface area contributed by atoms with Crippen LogP contribution in [0.1, 0.15) is 25.7 Å². The van der Waals surface area contributed by atoms with Gasteiger partial charge in [-0.05, 0) is 48.5 Å². The predicted octanol–water partition coefficient (Wildman–Crippen LogP) is 4.84. The van der Waals surface area contributed by atoms with Gasteiger partial charge in [0.05, 0.1) is 32.7 Å². The van der Waals surface area contributed by atoms with E-state index in [4.69, 9.17) is 11.6 Å². The topological polar surface area (TPSA) is 116 Å². The molecule has 1 aliphatic heterocycles. The fourth-order valence-corrected chi connectivity index (χ4v) is 5.31. The number of nitrogens with zero attached hydrogens (tertiary/aromatic N) is 5. The molecule has 4 aromatic rings. The molecule has 0 saturated carbocycles. The molecule has 1 saturated heterocycles. The summed E-state index contributed by atoms with van der Waals surface area (Å²) in [5, 5.41) is 11.0. The Morgan fingerprint density at radius 2 is 1.74 bits per heavy atom. The number of anilines is 2. The second-order valence-electron chi connectivity index (χ2n) is 8.67. The number of aromatic nitrogens is 2. The quantitative estimate of drug-likeness (QED) is 0.260. The van der Waals surface area contributed by atoms with E-state index in [1.54, 1.807) is 29.6 Å². The lowest BCUT2D eigenvalue weighted by Crippen LogP contribution is -2.48. The number of imidazole rings is 1. The summed E-state index contributed by atoms with van der Waals surface area (Å²) in [6.07, 6.45) is 3.19. The molecule has 0 unspecified atom stereocenters. The third-order valence-corrected chi connectivity index (χ3v) is 7.55. The Hall–Kier alpha value is -4.22. The highest BCUT2D eigenvalue weighted by Crippen LogP contribution is 2.27. The number of carbonyl (C=O) groups is 2. The van der Waals surface area contributed by atoms with E-state index in [-0.39, 0.29) is 24.0 Å². The Morgan fingerprint density at radius 3 is 2.32 bits per heavy atom. The molecule has 0 bridgehead atoms. The molecular weight excluding hydrogens is 528 g/mol. The van der Waals surface area contributed by atoms with Gasteiger partial charge < -0.3 is 19.7 Å². The summed E-state index contributed by atoms with van der Waals surface area (Å²) in [6, 6.07) is 16.7. The molecule has 194 valence electrons. The van der Waals surface area contributed by atoms with Gasteiger partial charge >= 0.3 is 0 Å². The lowest BCUT2D eigenvalue weighted by atomic mass is 10.1. The minimum Gasteiger partial charge on any atom is -0.368 e. The first kappa shape index (κ1) is 25.4. The average Bonchev–Trinajstić information content (AvgIpc) is 3.63.